The van der Waals surface area contributed by atoms with Crippen molar-refractivity contribution in [3.63, 3.8) is 0 Å². The lowest BCUT2D eigenvalue weighted by Crippen LogP contribution is -2.25. The molecule has 1 aromatic carbocycles. The van der Waals surface area contributed by atoms with Crippen LogP contribution in [0.15, 0.2) is 24.4 Å². The molecule has 0 amide bonds. The molecule has 0 spiro atoms. The summed E-state index contributed by atoms with van der Waals surface area (Å²) < 4.78 is 15.1. The third-order valence-corrected chi connectivity index (χ3v) is 3.16. The van der Waals surface area contributed by atoms with Crippen LogP contribution in [0, 0.1) is 12.7 Å². The van der Waals surface area contributed by atoms with Crippen LogP contribution in [-0.4, -0.2) is 21.5 Å². The monoisotopic (exact) mass is 262 g/mol. The molecule has 0 aliphatic carbocycles. The van der Waals surface area contributed by atoms with Crippen molar-refractivity contribution in [3.8, 4) is 0 Å². The average Bonchev–Trinajstić information content (AvgIpc) is 2.80. The zero-order chi connectivity index (χ0) is 13.8. The molecule has 0 radical (unpaired) electrons. The lowest BCUT2D eigenvalue weighted by Gasteiger charge is -2.19. The molecular weight excluding hydrogens is 243 g/mol. The summed E-state index contributed by atoms with van der Waals surface area (Å²) in [5.41, 5.74) is 2.65. The van der Waals surface area contributed by atoms with Crippen molar-refractivity contribution in [1.29, 1.82) is 0 Å². The Morgan fingerprint density at radius 1 is 1.42 bits per heavy atom. The van der Waals surface area contributed by atoms with Crippen molar-refractivity contribution >= 4 is 0 Å². The Morgan fingerprint density at radius 2 is 2.21 bits per heavy atom. The maximum Gasteiger partial charge on any atom is 0.126 e. The summed E-state index contributed by atoms with van der Waals surface area (Å²) in [5, 5.41) is 11.3. The van der Waals surface area contributed by atoms with Gasteiger partial charge in [0.1, 0.15) is 5.82 Å². The Bertz CT molecular complexity index is 550. The molecule has 0 aliphatic rings. The van der Waals surface area contributed by atoms with Crippen LogP contribution in [-0.2, 0) is 7.05 Å². The summed E-state index contributed by atoms with van der Waals surface area (Å²) in [7, 11) is 1.86. The number of nitrogens with one attached hydrogen (secondary N) is 1. The Morgan fingerprint density at radius 3 is 2.79 bits per heavy atom. The molecule has 102 valence electrons. The zero-order valence-corrected chi connectivity index (χ0v) is 11.5. The van der Waals surface area contributed by atoms with Crippen molar-refractivity contribution in [2.75, 3.05) is 6.54 Å². The molecule has 0 fully saturated rings. The van der Waals surface area contributed by atoms with E-state index in [1.165, 1.54) is 6.07 Å². The maximum absolute atomic E-state index is 13.4. The Balaban J connectivity index is 2.37. The van der Waals surface area contributed by atoms with Crippen LogP contribution in [0.1, 0.15) is 36.2 Å². The van der Waals surface area contributed by atoms with E-state index in [-0.39, 0.29) is 11.9 Å². The third-order valence-electron chi connectivity index (χ3n) is 3.16. The number of hydrogen-bond donors (Lipinski definition) is 1. The predicted octanol–water partition coefficient (Wildman–Crippen LogP) is 2.35. The summed E-state index contributed by atoms with van der Waals surface area (Å²) in [4.78, 5) is 0. The van der Waals surface area contributed by atoms with Crippen LogP contribution in [0.4, 0.5) is 4.39 Å². The Hall–Kier alpha value is -1.75. The number of benzene rings is 1. The van der Waals surface area contributed by atoms with Crippen molar-refractivity contribution in [2.24, 2.45) is 7.05 Å². The van der Waals surface area contributed by atoms with Gasteiger partial charge in [-0.05, 0) is 37.1 Å². The quantitative estimate of drug-likeness (QED) is 0.899. The number of aryl methyl sites for hydroxylation is 2. The summed E-state index contributed by atoms with van der Waals surface area (Å²) in [6, 6.07) is 5.17. The lowest BCUT2D eigenvalue weighted by molar-refractivity contribution is 0.548. The maximum atomic E-state index is 13.4. The molecule has 0 saturated heterocycles. The average molecular weight is 262 g/mol. The van der Waals surface area contributed by atoms with Gasteiger partial charge in [-0.3, -0.25) is 4.68 Å². The molecule has 19 heavy (non-hydrogen) atoms. The SMILES string of the molecule is CCCNC(c1ccc(F)c(C)c1)c1cnnn1C. The minimum atomic E-state index is -0.180. The van der Waals surface area contributed by atoms with Crippen LogP contribution in [0.3, 0.4) is 0 Å². The van der Waals surface area contributed by atoms with Gasteiger partial charge in [-0.2, -0.15) is 0 Å². The number of nitrogens with zero attached hydrogens (tertiary/aromatic N) is 3. The molecule has 1 unspecified atom stereocenters. The van der Waals surface area contributed by atoms with Gasteiger partial charge in [0.05, 0.1) is 17.9 Å². The highest BCUT2D eigenvalue weighted by molar-refractivity contribution is 5.31. The minimum absolute atomic E-state index is 0.0146. The van der Waals surface area contributed by atoms with E-state index < -0.39 is 0 Å². The normalized spacial score (nSPS) is 12.6. The number of halogens is 1. The van der Waals surface area contributed by atoms with Gasteiger partial charge in [-0.1, -0.05) is 24.3 Å². The van der Waals surface area contributed by atoms with E-state index in [4.69, 9.17) is 0 Å². The van der Waals surface area contributed by atoms with Crippen LogP contribution >= 0.6 is 0 Å². The van der Waals surface area contributed by atoms with E-state index in [2.05, 4.69) is 22.6 Å². The van der Waals surface area contributed by atoms with E-state index in [1.807, 2.05) is 19.2 Å². The first kappa shape index (κ1) is 13.7. The highest BCUT2D eigenvalue weighted by Gasteiger charge is 2.18. The van der Waals surface area contributed by atoms with Crippen LogP contribution in [0.5, 0.6) is 0 Å². The molecule has 2 rings (SSSR count). The highest BCUT2D eigenvalue weighted by Crippen LogP contribution is 2.22. The zero-order valence-electron chi connectivity index (χ0n) is 11.5. The van der Waals surface area contributed by atoms with Crippen LogP contribution < -0.4 is 5.32 Å². The van der Waals surface area contributed by atoms with E-state index in [1.54, 1.807) is 17.8 Å². The smallest absolute Gasteiger partial charge is 0.126 e. The standard InChI is InChI=1S/C14H19FN4/c1-4-7-16-14(13-9-17-18-19(13)3)11-5-6-12(15)10(2)8-11/h5-6,8-9,14,16H,4,7H2,1-3H3. The molecule has 0 bridgehead atoms. The molecule has 0 aliphatic heterocycles. The van der Waals surface area contributed by atoms with Gasteiger partial charge in [0.15, 0.2) is 0 Å². The topological polar surface area (TPSA) is 42.7 Å². The van der Waals surface area contributed by atoms with Gasteiger partial charge in [-0.15, -0.1) is 5.10 Å². The third kappa shape index (κ3) is 2.98. The first-order chi connectivity index (χ1) is 9.13. The van der Waals surface area contributed by atoms with Gasteiger partial charge in [-0.25, -0.2) is 4.39 Å². The van der Waals surface area contributed by atoms with Gasteiger partial charge >= 0.3 is 0 Å². The van der Waals surface area contributed by atoms with E-state index in [0.29, 0.717) is 5.56 Å². The van der Waals surface area contributed by atoms with E-state index in [0.717, 1.165) is 24.2 Å². The van der Waals surface area contributed by atoms with E-state index in [9.17, 15) is 4.39 Å². The van der Waals surface area contributed by atoms with Crippen molar-refractivity contribution in [3.05, 3.63) is 47.0 Å². The fourth-order valence-corrected chi connectivity index (χ4v) is 2.09. The molecule has 4 nitrogen and oxygen atoms in total. The number of rotatable bonds is 5. The van der Waals surface area contributed by atoms with Crippen molar-refractivity contribution < 1.29 is 4.39 Å². The second-order valence-electron chi connectivity index (χ2n) is 4.68. The van der Waals surface area contributed by atoms with E-state index >= 15 is 0 Å². The largest absolute Gasteiger partial charge is 0.305 e. The summed E-state index contributed by atoms with van der Waals surface area (Å²) >= 11 is 0. The Labute approximate surface area is 112 Å². The number of hydrogen-bond acceptors (Lipinski definition) is 3. The molecule has 5 heteroatoms. The lowest BCUT2D eigenvalue weighted by atomic mass is 10.0. The van der Waals surface area contributed by atoms with Gasteiger partial charge < -0.3 is 5.32 Å². The second-order valence-corrected chi connectivity index (χ2v) is 4.68. The fraction of sp³-hybridized carbons (Fsp3) is 0.429. The van der Waals surface area contributed by atoms with Crippen LogP contribution in [0.25, 0.3) is 0 Å². The summed E-state index contributed by atoms with van der Waals surface area (Å²) in [6.45, 7) is 4.77. The van der Waals surface area contributed by atoms with Crippen LogP contribution in [0.2, 0.25) is 0 Å². The van der Waals surface area contributed by atoms with Gasteiger partial charge in [0.25, 0.3) is 0 Å². The highest BCUT2D eigenvalue weighted by atomic mass is 19.1. The van der Waals surface area contributed by atoms with Gasteiger partial charge in [0, 0.05) is 7.05 Å². The fourth-order valence-electron chi connectivity index (χ4n) is 2.09. The first-order valence-electron chi connectivity index (χ1n) is 6.47. The molecule has 1 aromatic heterocycles. The molecule has 1 heterocycles. The second kappa shape index (κ2) is 5.93. The predicted molar refractivity (Wildman–Crippen MR) is 72.3 cm³/mol. The molecule has 1 atom stereocenters. The molecule has 2 aromatic rings. The van der Waals surface area contributed by atoms with Crippen molar-refractivity contribution in [2.45, 2.75) is 26.3 Å². The molecule has 1 N–H and O–H groups in total. The number of aromatic nitrogens is 3. The van der Waals surface area contributed by atoms with Gasteiger partial charge in [0.2, 0.25) is 0 Å². The minimum Gasteiger partial charge on any atom is -0.305 e. The van der Waals surface area contributed by atoms with Crippen molar-refractivity contribution in [1.82, 2.24) is 20.3 Å². The Kier molecular flexibility index (Phi) is 4.27. The first-order valence-corrected chi connectivity index (χ1v) is 6.47. The summed E-state index contributed by atoms with van der Waals surface area (Å²) in [5.74, 6) is -0.180. The summed E-state index contributed by atoms with van der Waals surface area (Å²) in [6.07, 6.45) is 2.77. The molecule has 0 saturated carbocycles. The molecular formula is C14H19FN4.